The van der Waals surface area contributed by atoms with E-state index in [0.29, 0.717) is 56.6 Å². The molecule has 2 aromatic carbocycles. The summed E-state index contributed by atoms with van der Waals surface area (Å²) in [5.74, 6) is 1.24. The van der Waals surface area contributed by atoms with E-state index in [2.05, 4.69) is 21.9 Å². The van der Waals surface area contributed by atoms with Crippen molar-refractivity contribution in [2.24, 2.45) is 0 Å². The average molecular weight is 441 g/mol. The van der Waals surface area contributed by atoms with Crippen LogP contribution in [-0.2, 0) is 9.47 Å². The first-order chi connectivity index (χ1) is 15.7. The molecular formula is C25H32N2O5. The van der Waals surface area contributed by atoms with Gasteiger partial charge in [-0.3, -0.25) is 14.6 Å². The van der Waals surface area contributed by atoms with Crippen LogP contribution in [0.3, 0.4) is 0 Å². The molecule has 7 nitrogen and oxygen atoms in total. The van der Waals surface area contributed by atoms with E-state index in [1.807, 2.05) is 30.3 Å². The maximum absolute atomic E-state index is 14.2. The molecule has 2 aliphatic rings. The van der Waals surface area contributed by atoms with Crippen LogP contribution in [0, 0.1) is 0 Å². The summed E-state index contributed by atoms with van der Waals surface area (Å²) in [5, 5.41) is 0. The van der Waals surface area contributed by atoms with Crippen molar-refractivity contribution in [1.82, 2.24) is 9.80 Å². The van der Waals surface area contributed by atoms with E-state index in [1.54, 1.807) is 20.3 Å². The summed E-state index contributed by atoms with van der Waals surface area (Å²) in [4.78, 5) is 18.9. The molecule has 2 aliphatic heterocycles. The van der Waals surface area contributed by atoms with Crippen LogP contribution in [-0.4, -0.2) is 88.5 Å². The summed E-state index contributed by atoms with van der Waals surface area (Å²) in [7, 11) is 3.20. The number of carbonyl (C=O) groups excluding carboxylic acids is 1. The quantitative estimate of drug-likeness (QED) is 0.585. The Bertz CT molecular complexity index is 879. The Morgan fingerprint density at radius 1 is 0.844 bits per heavy atom. The highest BCUT2D eigenvalue weighted by Gasteiger charge is 2.40. The van der Waals surface area contributed by atoms with Gasteiger partial charge in [-0.05, 0) is 17.7 Å². The monoisotopic (exact) mass is 440 g/mol. The summed E-state index contributed by atoms with van der Waals surface area (Å²) in [6, 6.07) is 15.3. The fourth-order valence-electron chi connectivity index (χ4n) is 4.62. The van der Waals surface area contributed by atoms with Gasteiger partial charge in [0.05, 0.1) is 58.3 Å². The molecule has 0 radical (unpaired) electrons. The number of benzene rings is 2. The third-order valence-electron chi connectivity index (χ3n) is 6.26. The van der Waals surface area contributed by atoms with Crippen molar-refractivity contribution in [2.45, 2.75) is 12.1 Å². The Morgan fingerprint density at radius 3 is 2.06 bits per heavy atom. The van der Waals surface area contributed by atoms with Gasteiger partial charge in [0.1, 0.15) is 11.5 Å². The summed E-state index contributed by atoms with van der Waals surface area (Å²) >= 11 is 0. The third-order valence-corrected chi connectivity index (χ3v) is 6.26. The van der Waals surface area contributed by atoms with Crippen molar-refractivity contribution < 1.29 is 23.7 Å². The van der Waals surface area contributed by atoms with Crippen molar-refractivity contribution in [3.8, 4) is 11.5 Å². The molecule has 2 aromatic rings. The van der Waals surface area contributed by atoms with Crippen LogP contribution >= 0.6 is 0 Å². The Hall–Kier alpha value is -2.45. The first-order valence-electron chi connectivity index (χ1n) is 11.2. The van der Waals surface area contributed by atoms with Gasteiger partial charge >= 0.3 is 0 Å². The van der Waals surface area contributed by atoms with E-state index < -0.39 is 0 Å². The van der Waals surface area contributed by atoms with E-state index >= 15 is 0 Å². The molecule has 4 rings (SSSR count). The second-order valence-corrected chi connectivity index (χ2v) is 8.03. The largest absolute Gasteiger partial charge is 0.497 e. The van der Waals surface area contributed by atoms with Crippen LogP contribution in [0.25, 0.3) is 0 Å². The second kappa shape index (κ2) is 10.9. The average Bonchev–Trinajstić information content (AvgIpc) is 2.88. The molecule has 0 aliphatic carbocycles. The zero-order valence-electron chi connectivity index (χ0n) is 18.9. The highest BCUT2D eigenvalue weighted by atomic mass is 16.5. The van der Waals surface area contributed by atoms with Crippen molar-refractivity contribution in [3.63, 3.8) is 0 Å². The summed E-state index contributed by atoms with van der Waals surface area (Å²) in [5.41, 5.74) is 1.70. The number of carbonyl (C=O) groups is 1. The number of rotatable bonds is 8. The molecule has 0 saturated carbocycles. The molecule has 0 bridgehead atoms. The minimum Gasteiger partial charge on any atom is -0.497 e. The molecular weight excluding hydrogens is 408 g/mol. The Labute approximate surface area is 189 Å². The van der Waals surface area contributed by atoms with Crippen LogP contribution in [0.1, 0.15) is 22.0 Å². The number of morpholine rings is 2. The summed E-state index contributed by atoms with van der Waals surface area (Å²) in [6.07, 6.45) is 0. The summed E-state index contributed by atoms with van der Waals surface area (Å²) < 4.78 is 22.2. The van der Waals surface area contributed by atoms with Gasteiger partial charge in [0.15, 0.2) is 5.78 Å². The lowest BCUT2D eigenvalue weighted by Gasteiger charge is -2.44. The smallest absolute Gasteiger partial charge is 0.185 e. The normalized spacial score (nSPS) is 19.8. The highest BCUT2D eigenvalue weighted by Crippen LogP contribution is 2.34. The van der Waals surface area contributed by atoms with Gasteiger partial charge in [0.25, 0.3) is 0 Å². The minimum atomic E-state index is -0.373. The first kappa shape index (κ1) is 22.7. The van der Waals surface area contributed by atoms with E-state index in [1.165, 1.54) is 0 Å². The molecule has 0 amide bonds. The lowest BCUT2D eigenvalue weighted by Crippen LogP contribution is -2.55. The van der Waals surface area contributed by atoms with Crippen LogP contribution in [0.2, 0.25) is 0 Å². The number of methoxy groups -OCH3 is 2. The maximum atomic E-state index is 14.2. The molecule has 172 valence electrons. The molecule has 2 saturated heterocycles. The molecule has 2 atom stereocenters. The molecule has 2 unspecified atom stereocenters. The maximum Gasteiger partial charge on any atom is 0.185 e. The van der Waals surface area contributed by atoms with Crippen LogP contribution in [0.15, 0.2) is 48.5 Å². The zero-order valence-corrected chi connectivity index (χ0v) is 18.9. The topological polar surface area (TPSA) is 60.5 Å². The van der Waals surface area contributed by atoms with E-state index in [-0.39, 0.29) is 17.9 Å². The lowest BCUT2D eigenvalue weighted by atomic mass is 9.89. The lowest BCUT2D eigenvalue weighted by molar-refractivity contribution is -0.0302. The van der Waals surface area contributed by atoms with E-state index in [9.17, 15) is 4.79 Å². The molecule has 0 spiro atoms. The predicted molar refractivity (Wildman–Crippen MR) is 122 cm³/mol. The Kier molecular flexibility index (Phi) is 7.76. The van der Waals surface area contributed by atoms with Gasteiger partial charge in [-0.2, -0.15) is 0 Å². The van der Waals surface area contributed by atoms with E-state index in [0.717, 1.165) is 18.7 Å². The van der Waals surface area contributed by atoms with Gasteiger partial charge in [-0.15, -0.1) is 0 Å². The number of Topliss-reactive ketones (excluding diaryl/α,β-unsaturated/α-hetero) is 1. The fraction of sp³-hybridized carbons (Fsp3) is 0.480. The fourth-order valence-corrected chi connectivity index (χ4v) is 4.62. The van der Waals surface area contributed by atoms with Gasteiger partial charge in [0.2, 0.25) is 0 Å². The molecule has 0 aromatic heterocycles. The Morgan fingerprint density at radius 2 is 1.47 bits per heavy atom. The van der Waals surface area contributed by atoms with Crippen molar-refractivity contribution >= 4 is 5.78 Å². The number of nitrogens with zero attached hydrogens (tertiary/aromatic N) is 2. The van der Waals surface area contributed by atoms with Gasteiger partial charge in [-0.1, -0.05) is 30.3 Å². The van der Waals surface area contributed by atoms with Crippen LogP contribution < -0.4 is 9.47 Å². The first-order valence-corrected chi connectivity index (χ1v) is 11.2. The zero-order chi connectivity index (χ0) is 22.3. The molecule has 7 heteroatoms. The van der Waals surface area contributed by atoms with Crippen molar-refractivity contribution in [2.75, 3.05) is 66.8 Å². The predicted octanol–water partition coefficient (Wildman–Crippen LogP) is 2.66. The van der Waals surface area contributed by atoms with Crippen LogP contribution in [0.4, 0.5) is 0 Å². The third kappa shape index (κ3) is 4.96. The van der Waals surface area contributed by atoms with Gasteiger partial charge < -0.3 is 18.9 Å². The van der Waals surface area contributed by atoms with Crippen molar-refractivity contribution in [1.29, 1.82) is 0 Å². The number of ether oxygens (including phenoxy) is 4. The Balaban J connectivity index is 1.78. The summed E-state index contributed by atoms with van der Waals surface area (Å²) in [6.45, 7) is 5.56. The van der Waals surface area contributed by atoms with Gasteiger partial charge in [0, 0.05) is 32.2 Å². The van der Waals surface area contributed by atoms with Gasteiger partial charge in [-0.25, -0.2) is 0 Å². The number of hydrogen-bond donors (Lipinski definition) is 0. The SMILES string of the molecule is COc1ccc(C(=O)C(C(c2ccccc2)N2CCOCC2)N2CCOCC2)c(OC)c1. The second-order valence-electron chi connectivity index (χ2n) is 8.03. The highest BCUT2D eigenvalue weighted by molar-refractivity contribution is 6.03. The molecule has 2 fully saturated rings. The molecule has 2 heterocycles. The minimum absolute atomic E-state index is 0.0479. The van der Waals surface area contributed by atoms with Crippen LogP contribution in [0.5, 0.6) is 11.5 Å². The molecule has 0 N–H and O–H groups in total. The standard InChI is InChI=1S/C25H32N2O5/c1-29-20-8-9-21(22(18-20)30-2)25(28)24(27-12-16-32-17-13-27)23(19-6-4-3-5-7-19)26-10-14-31-15-11-26/h3-9,18,23-24H,10-17H2,1-2H3. The van der Waals surface area contributed by atoms with Crippen molar-refractivity contribution in [3.05, 3.63) is 59.7 Å². The number of hydrogen-bond acceptors (Lipinski definition) is 7. The number of ketones is 1. The van der Waals surface area contributed by atoms with E-state index in [4.69, 9.17) is 18.9 Å². The molecule has 32 heavy (non-hydrogen) atoms.